The Labute approximate surface area is 83.9 Å². The Hall–Kier alpha value is -0.0400. The van der Waals surface area contributed by atoms with Crippen LogP contribution in [0.4, 0.5) is 0 Å². The molecule has 0 spiro atoms. The van der Waals surface area contributed by atoms with Gasteiger partial charge in [-0.15, -0.1) is 0 Å². The molecule has 74 valence electrons. The van der Waals surface area contributed by atoms with Crippen LogP contribution in [0.3, 0.4) is 0 Å². The summed E-state index contributed by atoms with van der Waals surface area (Å²) < 4.78 is 5.35. The first-order valence-electron chi connectivity index (χ1n) is 4.80. The number of hydrogen-bond acceptors (Lipinski definition) is 1. The van der Waals surface area contributed by atoms with E-state index in [9.17, 15) is 0 Å². The molecule has 0 saturated heterocycles. The van der Waals surface area contributed by atoms with Gasteiger partial charge in [-0.25, -0.2) is 0 Å². The molecule has 0 aromatic rings. The Morgan fingerprint density at radius 3 is 1.69 bits per heavy atom. The molecule has 13 heavy (non-hydrogen) atoms. The third-order valence-corrected chi connectivity index (χ3v) is 1.89. The van der Waals surface area contributed by atoms with E-state index >= 15 is 0 Å². The Morgan fingerprint density at radius 1 is 1.00 bits per heavy atom. The Morgan fingerprint density at radius 2 is 1.38 bits per heavy atom. The normalized spacial score (nSPS) is 11.5. The van der Waals surface area contributed by atoms with Crippen molar-refractivity contribution in [2.24, 2.45) is 0 Å². The molecule has 0 rings (SSSR count). The van der Waals surface area contributed by atoms with Gasteiger partial charge in [0.05, 0.1) is 13.2 Å². The Balaban J connectivity index is 3.08. The lowest BCUT2D eigenvalue weighted by Gasteiger charge is -2.09. The molecule has 0 aromatic heterocycles. The van der Waals surface area contributed by atoms with Gasteiger partial charge in [0.1, 0.15) is 0 Å². The van der Waals surface area contributed by atoms with E-state index < -0.39 is 0 Å². The SMILES string of the molecule is [CH2][C]([CH]COC[CH][C]([CH2])CC)CC. The maximum Gasteiger partial charge on any atom is 0.0503 e. The molecule has 0 atom stereocenters. The van der Waals surface area contributed by atoms with Crippen LogP contribution in [0.1, 0.15) is 26.7 Å². The zero-order valence-electron chi connectivity index (χ0n) is 8.81. The van der Waals surface area contributed by atoms with Gasteiger partial charge in [0.25, 0.3) is 0 Å². The van der Waals surface area contributed by atoms with Crippen LogP contribution in [0, 0.1) is 38.5 Å². The van der Waals surface area contributed by atoms with E-state index in [4.69, 9.17) is 4.74 Å². The van der Waals surface area contributed by atoms with Crippen molar-refractivity contribution in [1.82, 2.24) is 0 Å². The van der Waals surface area contributed by atoms with Crippen molar-refractivity contribution in [2.45, 2.75) is 26.7 Å². The van der Waals surface area contributed by atoms with Crippen molar-refractivity contribution >= 4 is 0 Å². The lowest BCUT2D eigenvalue weighted by molar-refractivity contribution is 0.175. The largest absolute Gasteiger partial charge is 0.381 e. The van der Waals surface area contributed by atoms with Crippen LogP contribution < -0.4 is 0 Å². The zero-order chi connectivity index (χ0) is 10.1. The second-order valence-electron chi connectivity index (χ2n) is 2.97. The van der Waals surface area contributed by atoms with E-state index in [1.807, 2.05) is 12.8 Å². The topological polar surface area (TPSA) is 9.23 Å². The summed E-state index contributed by atoms with van der Waals surface area (Å²) in [7, 11) is 0. The minimum Gasteiger partial charge on any atom is -0.381 e. The van der Waals surface area contributed by atoms with Crippen molar-refractivity contribution < 1.29 is 4.74 Å². The first-order valence-corrected chi connectivity index (χ1v) is 4.80. The second-order valence-corrected chi connectivity index (χ2v) is 2.97. The third-order valence-electron chi connectivity index (χ3n) is 1.89. The van der Waals surface area contributed by atoms with Gasteiger partial charge >= 0.3 is 0 Å². The maximum absolute atomic E-state index is 5.35. The van der Waals surface area contributed by atoms with E-state index in [-0.39, 0.29) is 0 Å². The molecular formula is C12H20O. The molecule has 0 N–H and O–H groups in total. The van der Waals surface area contributed by atoms with E-state index in [1.54, 1.807) is 0 Å². The minimum atomic E-state index is 0.653. The summed E-state index contributed by atoms with van der Waals surface area (Å²) in [5.74, 6) is 2.27. The molecule has 0 saturated carbocycles. The van der Waals surface area contributed by atoms with Crippen molar-refractivity contribution in [2.75, 3.05) is 13.2 Å². The van der Waals surface area contributed by atoms with Gasteiger partial charge in [-0.2, -0.15) is 0 Å². The summed E-state index contributed by atoms with van der Waals surface area (Å²) in [6, 6.07) is 0. The zero-order valence-corrected chi connectivity index (χ0v) is 8.81. The summed E-state index contributed by atoms with van der Waals surface area (Å²) in [6.45, 7) is 13.2. The summed E-state index contributed by atoms with van der Waals surface area (Å²) in [6.07, 6.45) is 6.02. The van der Waals surface area contributed by atoms with Crippen LogP contribution in [-0.2, 0) is 4.74 Å². The first-order chi connectivity index (χ1) is 6.20. The van der Waals surface area contributed by atoms with Gasteiger partial charge in [-0.05, 0) is 51.4 Å². The van der Waals surface area contributed by atoms with Crippen molar-refractivity contribution in [1.29, 1.82) is 0 Å². The molecule has 0 heterocycles. The summed E-state index contributed by atoms with van der Waals surface area (Å²) in [5.41, 5.74) is 0. The fraction of sp³-hybridized carbons (Fsp3) is 0.500. The molecule has 1 nitrogen and oxygen atoms in total. The van der Waals surface area contributed by atoms with Gasteiger partial charge in [-0.1, -0.05) is 13.8 Å². The maximum atomic E-state index is 5.35. The highest BCUT2D eigenvalue weighted by Crippen LogP contribution is 2.09. The first kappa shape index (κ1) is 13.0. The summed E-state index contributed by atoms with van der Waals surface area (Å²) >= 11 is 0. The molecule has 0 aliphatic heterocycles. The van der Waals surface area contributed by atoms with E-state index in [1.165, 1.54) is 0 Å². The molecule has 0 fully saturated rings. The lowest BCUT2D eigenvalue weighted by atomic mass is 10.1. The molecule has 0 bridgehead atoms. The molecule has 6 radical (unpaired) electrons. The van der Waals surface area contributed by atoms with Crippen LogP contribution in [0.2, 0.25) is 0 Å². The predicted molar refractivity (Wildman–Crippen MR) is 57.2 cm³/mol. The van der Waals surface area contributed by atoms with Gasteiger partial charge in [-0.3, -0.25) is 0 Å². The lowest BCUT2D eigenvalue weighted by Crippen LogP contribution is -2.05. The Bertz CT molecular complexity index is 89.3. The van der Waals surface area contributed by atoms with Crippen LogP contribution in [0.15, 0.2) is 0 Å². The van der Waals surface area contributed by atoms with Crippen LogP contribution >= 0.6 is 0 Å². The van der Waals surface area contributed by atoms with E-state index in [0.29, 0.717) is 13.2 Å². The highest BCUT2D eigenvalue weighted by Gasteiger charge is 2.01. The molecule has 0 unspecified atom stereocenters. The molecule has 0 aromatic carbocycles. The standard InChI is InChI=1S/C12H20O/c1-5-11(3)7-9-13-10-8-12(4)6-2/h7-8H,3-6,9-10H2,1-2H3. The smallest absolute Gasteiger partial charge is 0.0503 e. The average Bonchev–Trinajstić information content (AvgIpc) is 2.16. The number of hydrogen-bond donors (Lipinski definition) is 0. The van der Waals surface area contributed by atoms with E-state index in [0.717, 1.165) is 24.7 Å². The third kappa shape index (κ3) is 8.29. The second kappa shape index (κ2) is 8.55. The predicted octanol–water partition coefficient (Wildman–Crippen LogP) is 3.05. The van der Waals surface area contributed by atoms with Crippen LogP contribution in [0.5, 0.6) is 0 Å². The number of ether oxygens (including phenoxy) is 1. The number of rotatable bonds is 8. The van der Waals surface area contributed by atoms with Gasteiger partial charge in [0.2, 0.25) is 0 Å². The fourth-order valence-electron chi connectivity index (χ4n) is 0.710. The van der Waals surface area contributed by atoms with Crippen molar-refractivity contribution in [3.63, 3.8) is 0 Å². The molecule has 1 heteroatoms. The van der Waals surface area contributed by atoms with Gasteiger partial charge in [0.15, 0.2) is 0 Å². The molecule has 0 aliphatic carbocycles. The van der Waals surface area contributed by atoms with E-state index in [2.05, 4.69) is 27.7 Å². The average molecular weight is 180 g/mol. The molecule has 0 aliphatic rings. The molecule has 0 amide bonds. The van der Waals surface area contributed by atoms with Crippen molar-refractivity contribution in [3.8, 4) is 0 Å². The minimum absolute atomic E-state index is 0.653. The van der Waals surface area contributed by atoms with Crippen LogP contribution in [-0.4, -0.2) is 13.2 Å². The monoisotopic (exact) mass is 180 g/mol. The fourth-order valence-corrected chi connectivity index (χ4v) is 0.710. The highest BCUT2D eigenvalue weighted by atomic mass is 16.5. The summed E-state index contributed by atoms with van der Waals surface area (Å²) in [4.78, 5) is 0. The Kier molecular flexibility index (Phi) is 8.53. The van der Waals surface area contributed by atoms with Gasteiger partial charge in [0, 0.05) is 0 Å². The summed E-state index contributed by atoms with van der Waals surface area (Å²) in [5, 5.41) is 0. The van der Waals surface area contributed by atoms with Gasteiger partial charge < -0.3 is 4.74 Å². The van der Waals surface area contributed by atoms with Crippen LogP contribution in [0.25, 0.3) is 0 Å². The van der Waals surface area contributed by atoms with Crippen molar-refractivity contribution in [3.05, 3.63) is 38.5 Å². The molecular weight excluding hydrogens is 160 g/mol. The highest BCUT2D eigenvalue weighted by molar-refractivity contribution is 5.06. The quantitative estimate of drug-likeness (QED) is 0.522.